The van der Waals surface area contributed by atoms with Gasteiger partial charge in [-0.1, -0.05) is 32.6 Å². The molecule has 0 bridgehead atoms. The van der Waals surface area contributed by atoms with Crippen LogP contribution in [0.5, 0.6) is 0 Å². The van der Waals surface area contributed by atoms with Crippen molar-refractivity contribution >= 4 is 0 Å². The van der Waals surface area contributed by atoms with Gasteiger partial charge in [-0.3, -0.25) is 5.10 Å². The molecular formula is C11H20N2. The third kappa shape index (κ3) is 4.11. The molecule has 1 heterocycles. The molecule has 1 N–H and O–H groups in total. The molecule has 0 aromatic carbocycles. The first-order chi connectivity index (χ1) is 6.33. The summed E-state index contributed by atoms with van der Waals surface area (Å²) in [5.41, 5.74) is 2.39. The maximum Gasteiger partial charge on any atom is 0.0624 e. The molecule has 2 nitrogen and oxygen atoms in total. The Morgan fingerprint density at radius 1 is 1.23 bits per heavy atom. The van der Waals surface area contributed by atoms with E-state index in [-0.39, 0.29) is 0 Å². The molecule has 0 spiro atoms. The molecule has 0 fully saturated rings. The van der Waals surface area contributed by atoms with Crippen molar-refractivity contribution in [3.05, 3.63) is 17.5 Å². The summed E-state index contributed by atoms with van der Waals surface area (Å²) < 4.78 is 0. The summed E-state index contributed by atoms with van der Waals surface area (Å²) in [5.74, 6) is 0. The standard InChI is InChI=1S/C11H20N2/c1-3-4-5-6-7-8-11-9-10(2)12-13-11/h9H,3-8H2,1-2H3,(H,12,13). The predicted molar refractivity (Wildman–Crippen MR) is 55.8 cm³/mol. The third-order valence-electron chi connectivity index (χ3n) is 2.30. The summed E-state index contributed by atoms with van der Waals surface area (Å²) in [7, 11) is 0. The van der Waals surface area contributed by atoms with Crippen LogP contribution in [0.15, 0.2) is 6.07 Å². The van der Waals surface area contributed by atoms with E-state index in [1.807, 2.05) is 6.92 Å². The van der Waals surface area contributed by atoms with Crippen molar-refractivity contribution in [2.45, 2.75) is 52.4 Å². The zero-order valence-electron chi connectivity index (χ0n) is 8.77. The van der Waals surface area contributed by atoms with Crippen molar-refractivity contribution in [1.82, 2.24) is 10.2 Å². The lowest BCUT2D eigenvalue weighted by atomic mass is 10.1. The number of unbranched alkanes of at least 4 members (excludes halogenated alkanes) is 4. The van der Waals surface area contributed by atoms with Crippen LogP contribution < -0.4 is 0 Å². The minimum Gasteiger partial charge on any atom is -0.283 e. The van der Waals surface area contributed by atoms with Crippen LogP contribution in [0.4, 0.5) is 0 Å². The maximum absolute atomic E-state index is 4.21. The number of nitrogens with zero attached hydrogens (tertiary/aromatic N) is 1. The Morgan fingerprint density at radius 2 is 2.00 bits per heavy atom. The van der Waals surface area contributed by atoms with Crippen LogP contribution in [0.25, 0.3) is 0 Å². The third-order valence-corrected chi connectivity index (χ3v) is 2.30. The van der Waals surface area contributed by atoms with E-state index in [0.717, 1.165) is 6.42 Å². The second-order valence-corrected chi connectivity index (χ2v) is 3.71. The molecule has 0 aliphatic rings. The molecular weight excluding hydrogens is 160 g/mol. The van der Waals surface area contributed by atoms with E-state index >= 15 is 0 Å². The van der Waals surface area contributed by atoms with Crippen LogP contribution in [0.1, 0.15) is 50.4 Å². The second kappa shape index (κ2) is 5.79. The van der Waals surface area contributed by atoms with E-state index in [0.29, 0.717) is 0 Å². The van der Waals surface area contributed by atoms with Crippen LogP contribution >= 0.6 is 0 Å². The molecule has 13 heavy (non-hydrogen) atoms. The number of H-pyrrole nitrogens is 1. The summed E-state index contributed by atoms with van der Waals surface area (Å²) in [6, 6.07) is 2.14. The highest BCUT2D eigenvalue weighted by atomic mass is 15.1. The fraction of sp³-hybridized carbons (Fsp3) is 0.727. The summed E-state index contributed by atoms with van der Waals surface area (Å²) in [4.78, 5) is 0. The molecule has 0 saturated heterocycles. The molecule has 0 aliphatic carbocycles. The van der Waals surface area contributed by atoms with Crippen molar-refractivity contribution in [3.8, 4) is 0 Å². The summed E-state index contributed by atoms with van der Waals surface area (Å²) in [5, 5.41) is 7.18. The van der Waals surface area contributed by atoms with Gasteiger partial charge >= 0.3 is 0 Å². The van der Waals surface area contributed by atoms with Gasteiger partial charge in [0.05, 0.1) is 5.69 Å². The van der Waals surface area contributed by atoms with Crippen LogP contribution in [-0.4, -0.2) is 10.2 Å². The molecule has 0 aliphatic heterocycles. The lowest BCUT2D eigenvalue weighted by molar-refractivity contribution is 0.627. The van der Waals surface area contributed by atoms with E-state index in [1.54, 1.807) is 0 Å². The molecule has 0 radical (unpaired) electrons. The van der Waals surface area contributed by atoms with Crippen molar-refractivity contribution in [1.29, 1.82) is 0 Å². The van der Waals surface area contributed by atoms with Crippen molar-refractivity contribution in [3.63, 3.8) is 0 Å². The number of aromatic amines is 1. The minimum atomic E-state index is 1.13. The molecule has 1 aromatic heterocycles. The lowest BCUT2D eigenvalue weighted by Crippen LogP contribution is -1.86. The molecule has 0 atom stereocenters. The number of aryl methyl sites for hydroxylation is 2. The maximum atomic E-state index is 4.21. The fourth-order valence-electron chi connectivity index (χ4n) is 1.51. The fourth-order valence-corrected chi connectivity index (χ4v) is 1.51. The van der Waals surface area contributed by atoms with Gasteiger partial charge in [0.2, 0.25) is 0 Å². The van der Waals surface area contributed by atoms with Gasteiger partial charge in [-0.2, -0.15) is 5.10 Å². The van der Waals surface area contributed by atoms with Gasteiger partial charge in [0, 0.05) is 5.69 Å². The van der Waals surface area contributed by atoms with Crippen molar-refractivity contribution in [2.75, 3.05) is 0 Å². The molecule has 1 aromatic rings. The van der Waals surface area contributed by atoms with E-state index in [9.17, 15) is 0 Å². The molecule has 0 amide bonds. The van der Waals surface area contributed by atoms with Gasteiger partial charge in [0.1, 0.15) is 0 Å². The van der Waals surface area contributed by atoms with Gasteiger partial charge in [-0.25, -0.2) is 0 Å². The van der Waals surface area contributed by atoms with Crippen molar-refractivity contribution < 1.29 is 0 Å². The zero-order chi connectivity index (χ0) is 9.52. The topological polar surface area (TPSA) is 28.7 Å². The molecule has 2 heteroatoms. The number of nitrogens with one attached hydrogen (secondary N) is 1. The Balaban J connectivity index is 2.06. The Labute approximate surface area is 80.7 Å². The molecule has 1 rings (SSSR count). The van der Waals surface area contributed by atoms with Crippen LogP contribution in [0.2, 0.25) is 0 Å². The Kier molecular flexibility index (Phi) is 4.58. The quantitative estimate of drug-likeness (QED) is 0.669. The molecule has 74 valence electrons. The molecule has 0 saturated carbocycles. The van der Waals surface area contributed by atoms with Gasteiger partial charge in [0.15, 0.2) is 0 Å². The lowest BCUT2D eigenvalue weighted by Gasteiger charge is -1.96. The highest BCUT2D eigenvalue weighted by Crippen LogP contribution is 2.07. The number of aromatic nitrogens is 2. The number of rotatable bonds is 6. The Bertz CT molecular complexity index is 228. The largest absolute Gasteiger partial charge is 0.283 e. The predicted octanol–water partition coefficient (Wildman–Crippen LogP) is 3.23. The average Bonchev–Trinajstić information content (AvgIpc) is 2.51. The Morgan fingerprint density at radius 3 is 2.62 bits per heavy atom. The van der Waals surface area contributed by atoms with Gasteiger partial charge in [-0.15, -0.1) is 0 Å². The number of hydrogen-bond acceptors (Lipinski definition) is 1. The zero-order valence-corrected chi connectivity index (χ0v) is 8.77. The summed E-state index contributed by atoms with van der Waals surface area (Å²) in [6.07, 6.45) is 7.83. The highest BCUT2D eigenvalue weighted by molar-refractivity contribution is 5.06. The van der Waals surface area contributed by atoms with Crippen LogP contribution in [0, 0.1) is 6.92 Å². The second-order valence-electron chi connectivity index (χ2n) is 3.71. The van der Waals surface area contributed by atoms with E-state index in [2.05, 4.69) is 23.2 Å². The Hall–Kier alpha value is -0.790. The van der Waals surface area contributed by atoms with E-state index in [4.69, 9.17) is 0 Å². The minimum absolute atomic E-state index is 1.13. The van der Waals surface area contributed by atoms with Gasteiger partial charge in [0.25, 0.3) is 0 Å². The first-order valence-electron chi connectivity index (χ1n) is 5.34. The van der Waals surface area contributed by atoms with Crippen LogP contribution in [-0.2, 0) is 6.42 Å². The smallest absolute Gasteiger partial charge is 0.0624 e. The van der Waals surface area contributed by atoms with Gasteiger partial charge < -0.3 is 0 Å². The molecule has 0 unspecified atom stereocenters. The van der Waals surface area contributed by atoms with Gasteiger partial charge in [-0.05, 0) is 25.8 Å². The highest BCUT2D eigenvalue weighted by Gasteiger charge is 1.96. The SMILES string of the molecule is CCCCCCCc1cc(C)[nH]n1. The monoisotopic (exact) mass is 180 g/mol. The normalized spacial score (nSPS) is 10.6. The van der Waals surface area contributed by atoms with E-state index < -0.39 is 0 Å². The van der Waals surface area contributed by atoms with Crippen molar-refractivity contribution in [2.24, 2.45) is 0 Å². The first-order valence-corrected chi connectivity index (χ1v) is 5.34. The first kappa shape index (κ1) is 10.3. The summed E-state index contributed by atoms with van der Waals surface area (Å²) >= 11 is 0. The van der Waals surface area contributed by atoms with E-state index in [1.165, 1.54) is 43.5 Å². The average molecular weight is 180 g/mol. The summed E-state index contributed by atoms with van der Waals surface area (Å²) in [6.45, 7) is 4.30. The number of hydrogen-bond donors (Lipinski definition) is 1. The van der Waals surface area contributed by atoms with Crippen LogP contribution in [0.3, 0.4) is 0 Å².